The van der Waals surface area contributed by atoms with Crippen molar-refractivity contribution in [1.82, 2.24) is 13.9 Å². The van der Waals surface area contributed by atoms with E-state index in [1.54, 1.807) is 18.4 Å². The van der Waals surface area contributed by atoms with Gasteiger partial charge in [-0.15, -0.1) is 12.4 Å². The Kier molecular flexibility index (Phi) is 7.58. The monoisotopic (exact) mass is 285 g/mol. The third-order valence-electron chi connectivity index (χ3n) is 3.04. The van der Waals surface area contributed by atoms with Gasteiger partial charge < -0.3 is 5.32 Å². The normalized spacial score (nSPS) is 19.3. The van der Waals surface area contributed by atoms with Crippen LogP contribution in [-0.2, 0) is 10.2 Å². The Balaban J connectivity index is 0.00000256. The molecule has 1 saturated heterocycles. The molecule has 1 fully saturated rings. The summed E-state index contributed by atoms with van der Waals surface area (Å²) in [4.78, 5) is 0. The Bertz CT molecular complexity index is 301. The standard InChI is InChI=1S/C10H23N3O2S.ClH/c1-4-11-9-10-5-7-13(8-6-10)16(14,15)12(2)3;/h10-11H,4-9H2,1-3H3;1H. The predicted molar refractivity (Wildman–Crippen MR) is 72.7 cm³/mol. The quantitative estimate of drug-likeness (QED) is 0.802. The zero-order chi connectivity index (χ0) is 12.2. The first kappa shape index (κ1) is 17.1. The van der Waals surface area contributed by atoms with E-state index < -0.39 is 10.2 Å². The minimum absolute atomic E-state index is 0. The Morgan fingerprint density at radius 3 is 2.24 bits per heavy atom. The van der Waals surface area contributed by atoms with Crippen LogP contribution in [0.2, 0.25) is 0 Å². The molecule has 0 unspecified atom stereocenters. The maximum Gasteiger partial charge on any atom is 0.281 e. The molecule has 0 aromatic carbocycles. The van der Waals surface area contributed by atoms with Crippen LogP contribution in [0.15, 0.2) is 0 Å². The summed E-state index contributed by atoms with van der Waals surface area (Å²) in [6.07, 6.45) is 1.92. The average molecular weight is 286 g/mol. The molecule has 0 spiro atoms. The molecule has 1 aliphatic heterocycles. The smallest absolute Gasteiger partial charge is 0.281 e. The molecule has 5 nitrogen and oxygen atoms in total. The lowest BCUT2D eigenvalue weighted by Gasteiger charge is -2.32. The van der Waals surface area contributed by atoms with Gasteiger partial charge in [0, 0.05) is 27.2 Å². The van der Waals surface area contributed by atoms with Crippen molar-refractivity contribution in [2.24, 2.45) is 5.92 Å². The Hall–Kier alpha value is 0.120. The van der Waals surface area contributed by atoms with E-state index in [0.717, 1.165) is 25.9 Å². The second-order valence-electron chi connectivity index (χ2n) is 4.44. The van der Waals surface area contributed by atoms with Crippen molar-refractivity contribution in [3.8, 4) is 0 Å². The Morgan fingerprint density at radius 1 is 1.29 bits per heavy atom. The third kappa shape index (κ3) is 4.71. The topological polar surface area (TPSA) is 52.7 Å². The van der Waals surface area contributed by atoms with Crippen molar-refractivity contribution < 1.29 is 8.42 Å². The summed E-state index contributed by atoms with van der Waals surface area (Å²) in [5.74, 6) is 0.619. The lowest BCUT2D eigenvalue weighted by molar-refractivity contribution is 0.258. The number of hydrogen-bond acceptors (Lipinski definition) is 3. The lowest BCUT2D eigenvalue weighted by atomic mass is 9.98. The van der Waals surface area contributed by atoms with E-state index in [0.29, 0.717) is 19.0 Å². The highest BCUT2D eigenvalue weighted by Gasteiger charge is 2.28. The van der Waals surface area contributed by atoms with Crippen molar-refractivity contribution in [1.29, 1.82) is 0 Å². The molecular weight excluding hydrogens is 262 g/mol. The molecule has 0 radical (unpaired) electrons. The summed E-state index contributed by atoms with van der Waals surface area (Å²) in [7, 11) is -0.0308. The molecule has 0 amide bonds. The van der Waals surface area contributed by atoms with Crippen molar-refractivity contribution in [3.63, 3.8) is 0 Å². The van der Waals surface area contributed by atoms with Crippen molar-refractivity contribution in [2.75, 3.05) is 40.3 Å². The lowest BCUT2D eigenvalue weighted by Crippen LogP contribution is -2.45. The van der Waals surface area contributed by atoms with Crippen LogP contribution >= 0.6 is 12.4 Å². The Morgan fingerprint density at radius 2 is 1.82 bits per heavy atom. The van der Waals surface area contributed by atoms with Crippen molar-refractivity contribution in [2.45, 2.75) is 19.8 Å². The first-order valence-electron chi connectivity index (χ1n) is 5.86. The molecule has 1 N–H and O–H groups in total. The van der Waals surface area contributed by atoms with Crippen LogP contribution in [0.5, 0.6) is 0 Å². The molecule has 0 bridgehead atoms. The van der Waals surface area contributed by atoms with Gasteiger partial charge in [-0.1, -0.05) is 6.92 Å². The fraction of sp³-hybridized carbons (Fsp3) is 1.00. The summed E-state index contributed by atoms with van der Waals surface area (Å²) in [5, 5.41) is 3.32. The van der Waals surface area contributed by atoms with Gasteiger partial charge in [-0.05, 0) is 31.8 Å². The van der Waals surface area contributed by atoms with Gasteiger partial charge in [0.2, 0.25) is 0 Å². The van der Waals surface area contributed by atoms with E-state index >= 15 is 0 Å². The molecule has 1 aliphatic rings. The zero-order valence-corrected chi connectivity index (χ0v) is 12.5. The van der Waals surface area contributed by atoms with Crippen molar-refractivity contribution in [3.05, 3.63) is 0 Å². The first-order valence-corrected chi connectivity index (χ1v) is 7.26. The first-order chi connectivity index (χ1) is 7.48. The molecule has 17 heavy (non-hydrogen) atoms. The summed E-state index contributed by atoms with van der Waals surface area (Å²) < 4.78 is 26.6. The van der Waals surface area contributed by atoms with Crippen molar-refractivity contribution >= 4 is 22.6 Å². The fourth-order valence-electron chi connectivity index (χ4n) is 1.92. The van der Waals surface area contributed by atoms with E-state index in [9.17, 15) is 8.42 Å². The van der Waals surface area contributed by atoms with E-state index in [-0.39, 0.29) is 12.4 Å². The molecule has 0 aromatic heterocycles. The minimum atomic E-state index is -3.20. The molecule has 0 atom stereocenters. The fourth-order valence-corrected chi connectivity index (χ4v) is 3.06. The van der Waals surface area contributed by atoms with E-state index in [1.807, 2.05) is 0 Å². The van der Waals surface area contributed by atoms with Gasteiger partial charge >= 0.3 is 0 Å². The summed E-state index contributed by atoms with van der Waals surface area (Å²) in [5.41, 5.74) is 0. The summed E-state index contributed by atoms with van der Waals surface area (Å²) >= 11 is 0. The molecule has 0 aliphatic carbocycles. The Labute approximate surface area is 111 Å². The number of nitrogens with zero attached hydrogens (tertiary/aromatic N) is 2. The van der Waals surface area contributed by atoms with Crippen LogP contribution in [0.1, 0.15) is 19.8 Å². The van der Waals surface area contributed by atoms with E-state index in [2.05, 4.69) is 12.2 Å². The zero-order valence-electron chi connectivity index (χ0n) is 10.8. The van der Waals surface area contributed by atoms with Crippen LogP contribution in [0.25, 0.3) is 0 Å². The number of rotatable bonds is 5. The van der Waals surface area contributed by atoms with Gasteiger partial charge in [-0.3, -0.25) is 0 Å². The van der Waals surface area contributed by atoms with Gasteiger partial charge in [0.05, 0.1) is 0 Å². The summed E-state index contributed by atoms with van der Waals surface area (Å²) in [6, 6.07) is 0. The molecule has 104 valence electrons. The van der Waals surface area contributed by atoms with Crippen LogP contribution in [0.4, 0.5) is 0 Å². The third-order valence-corrected chi connectivity index (χ3v) is 4.98. The number of halogens is 1. The molecule has 0 saturated carbocycles. The molecule has 0 aromatic rings. The predicted octanol–water partition coefficient (Wildman–Crippen LogP) is 0.536. The van der Waals surface area contributed by atoms with Crippen LogP contribution in [0.3, 0.4) is 0 Å². The SMILES string of the molecule is CCNCC1CCN(S(=O)(=O)N(C)C)CC1.Cl. The number of piperidine rings is 1. The maximum absolute atomic E-state index is 11.8. The molecular formula is C10H24ClN3O2S. The number of hydrogen-bond donors (Lipinski definition) is 1. The highest BCUT2D eigenvalue weighted by molar-refractivity contribution is 7.86. The van der Waals surface area contributed by atoms with Gasteiger partial charge in [-0.25, -0.2) is 0 Å². The molecule has 1 heterocycles. The average Bonchev–Trinajstić information content (AvgIpc) is 2.26. The second kappa shape index (κ2) is 7.53. The summed E-state index contributed by atoms with van der Waals surface area (Å²) in [6.45, 7) is 5.38. The van der Waals surface area contributed by atoms with Crippen LogP contribution in [0, 0.1) is 5.92 Å². The van der Waals surface area contributed by atoms with E-state index in [4.69, 9.17) is 0 Å². The van der Waals surface area contributed by atoms with Crippen LogP contribution in [-0.4, -0.2) is 57.3 Å². The van der Waals surface area contributed by atoms with Gasteiger partial charge in [0.1, 0.15) is 0 Å². The molecule has 7 heteroatoms. The van der Waals surface area contributed by atoms with E-state index in [1.165, 1.54) is 4.31 Å². The van der Waals surface area contributed by atoms with Gasteiger partial charge in [0.25, 0.3) is 10.2 Å². The van der Waals surface area contributed by atoms with Gasteiger partial charge in [-0.2, -0.15) is 17.0 Å². The largest absolute Gasteiger partial charge is 0.317 e. The molecule has 1 rings (SSSR count). The second-order valence-corrected chi connectivity index (χ2v) is 6.58. The highest BCUT2D eigenvalue weighted by Crippen LogP contribution is 2.19. The highest BCUT2D eigenvalue weighted by atomic mass is 35.5. The minimum Gasteiger partial charge on any atom is -0.317 e. The number of nitrogens with one attached hydrogen (secondary N) is 1. The maximum atomic E-state index is 11.8. The van der Waals surface area contributed by atoms with Gasteiger partial charge in [0.15, 0.2) is 0 Å². The van der Waals surface area contributed by atoms with Crippen LogP contribution < -0.4 is 5.32 Å².